The first-order valence-electron chi connectivity index (χ1n) is 8.11. The molecule has 0 aromatic carbocycles. The first kappa shape index (κ1) is 17.3. The van der Waals surface area contributed by atoms with Gasteiger partial charge >= 0.3 is 0 Å². The first-order valence-corrected chi connectivity index (χ1v) is 11.8. The third kappa shape index (κ3) is 3.94. The molecule has 0 saturated heterocycles. The predicted molar refractivity (Wildman–Crippen MR) is 98.9 cm³/mol. The van der Waals surface area contributed by atoms with Crippen LogP contribution in [-0.2, 0) is 16.3 Å². The maximum Gasteiger partial charge on any atom is 0.212 e. The number of ether oxygens (including phenoxy) is 1. The molecule has 8 nitrogen and oxygen atoms in total. The molecule has 3 aromatic rings. The third-order valence-electron chi connectivity index (χ3n) is 3.88. The summed E-state index contributed by atoms with van der Waals surface area (Å²) in [6.07, 6.45) is 5.68. The molecule has 0 radical (unpaired) electrons. The molecule has 25 heavy (non-hydrogen) atoms. The number of carbonyl (C=O) groups is 1. The van der Waals surface area contributed by atoms with Crippen LogP contribution in [0.15, 0.2) is 24.8 Å². The Hall–Kier alpha value is -2.52. The number of aromatic nitrogens is 5. The van der Waals surface area contributed by atoms with Crippen LogP contribution in [0, 0.1) is 0 Å². The van der Waals surface area contributed by atoms with Crippen LogP contribution in [0.4, 0.5) is 5.82 Å². The minimum Gasteiger partial charge on any atom is -0.361 e. The number of anilines is 1. The minimum atomic E-state index is -1.10. The Bertz CT molecular complexity index is 867. The highest BCUT2D eigenvalue weighted by Gasteiger charge is 2.15. The topological polar surface area (TPSA) is 97.7 Å². The number of H-pyrrole nitrogens is 1. The number of fused-ring (bicyclic) bond motifs is 1. The van der Waals surface area contributed by atoms with Crippen LogP contribution in [0.3, 0.4) is 0 Å². The lowest BCUT2D eigenvalue weighted by atomic mass is 10.1. The molecule has 0 fully saturated rings. The van der Waals surface area contributed by atoms with Crippen molar-refractivity contribution < 1.29 is 9.53 Å². The summed E-state index contributed by atoms with van der Waals surface area (Å²) in [5.41, 5.74) is 2.22. The van der Waals surface area contributed by atoms with Crippen LogP contribution < -0.4 is 5.32 Å². The van der Waals surface area contributed by atoms with E-state index in [9.17, 15) is 4.79 Å². The number of carbonyl (C=O) groups excluding carboxylic acids is 1. The molecule has 0 bridgehead atoms. The number of amides is 1. The van der Waals surface area contributed by atoms with E-state index >= 15 is 0 Å². The van der Waals surface area contributed by atoms with Crippen molar-refractivity contribution in [3.8, 4) is 11.3 Å². The van der Waals surface area contributed by atoms with Gasteiger partial charge in [0.2, 0.25) is 6.41 Å². The molecule has 3 rings (SSSR count). The van der Waals surface area contributed by atoms with Crippen LogP contribution >= 0.6 is 0 Å². The summed E-state index contributed by atoms with van der Waals surface area (Å²) >= 11 is 0. The van der Waals surface area contributed by atoms with E-state index in [2.05, 4.69) is 45.1 Å². The highest BCUT2D eigenvalue weighted by atomic mass is 28.3. The monoisotopic (exact) mass is 358 g/mol. The van der Waals surface area contributed by atoms with E-state index in [1.54, 1.807) is 6.20 Å². The smallest absolute Gasteiger partial charge is 0.212 e. The summed E-state index contributed by atoms with van der Waals surface area (Å²) in [5.74, 6) is 0.508. The maximum absolute atomic E-state index is 10.7. The van der Waals surface area contributed by atoms with Gasteiger partial charge < -0.3 is 14.6 Å². The Morgan fingerprint density at radius 3 is 2.96 bits per heavy atom. The van der Waals surface area contributed by atoms with Gasteiger partial charge in [-0.2, -0.15) is 5.10 Å². The normalized spacial score (nSPS) is 11.8. The highest BCUT2D eigenvalue weighted by molar-refractivity contribution is 6.76. The van der Waals surface area contributed by atoms with Crippen molar-refractivity contribution in [2.45, 2.75) is 32.4 Å². The number of aromatic amines is 1. The summed E-state index contributed by atoms with van der Waals surface area (Å²) in [6.45, 7) is 8.20. The van der Waals surface area contributed by atoms with Crippen LogP contribution in [-0.4, -0.2) is 45.8 Å². The van der Waals surface area contributed by atoms with Gasteiger partial charge in [-0.1, -0.05) is 19.6 Å². The van der Waals surface area contributed by atoms with E-state index in [4.69, 9.17) is 4.74 Å². The average Bonchev–Trinajstić information content (AvgIpc) is 3.18. The van der Waals surface area contributed by atoms with Gasteiger partial charge in [-0.25, -0.2) is 9.97 Å². The average molecular weight is 358 g/mol. The molecule has 0 spiro atoms. The van der Waals surface area contributed by atoms with Crippen molar-refractivity contribution in [1.29, 1.82) is 0 Å². The quantitative estimate of drug-likeness (QED) is 0.366. The Labute approximate surface area is 146 Å². The summed E-state index contributed by atoms with van der Waals surface area (Å²) in [4.78, 5) is 19.5. The maximum atomic E-state index is 10.7. The van der Waals surface area contributed by atoms with Gasteiger partial charge in [0.15, 0.2) is 0 Å². The fraction of sp³-hybridized carbons (Fsp3) is 0.375. The summed E-state index contributed by atoms with van der Waals surface area (Å²) < 4.78 is 7.77. The second kappa shape index (κ2) is 7.15. The zero-order valence-corrected chi connectivity index (χ0v) is 15.6. The molecule has 3 aromatic heterocycles. The fourth-order valence-corrected chi connectivity index (χ4v) is 3.26. The lowest BCUT2D eigenvalue weighted by molar-refractivity contribution is -0.105. The molecule has 9 heteroatoms. The second-order valence-electron chi connectivity index (χ2n) is 7.01. The van der Waals surface area contributed by atoms with Crippen LogP contribution in [0.5, 0.6) is 0 Å². The lowest BCUT2D eigenvalue weighted by Crippen LogP contribution is -2.22. The number of rotatable bonds is 8. The molecule has 3 heterocycles. The summed E-state index contributed by atoms with van der Waals surface area (Å²) in [6, 6.07) is 3.08. The molecule has 132 valence electrons. The Morgan fingerprint density at radius 2 is 2.20 bits per heavy atom. The molecular formula is C16H22N6O2Si. The molecular weight excluding hydrogens is 336 g/mol. The molecule has 0 unspecified atom stereocenters. The van der Waals surface area contributed by atoms with Gasteiger partial charge in [0, 0.05) is 26.3 Å². The molecule has 0 saturated carbocycles. The van der Waals surface area contributed by atoms with Gasteiger partial charge in [0.05, 0.1) is 17.5 Å². The zero-order chi connectivity index (χ0) is 17.9. The van der Waals surface area contributed by atoms with E-state index in [-0.39, 0.29) is 0 Å². The van der Waals surface area contributed by atoms with Gasteiger partial charge in [0.25, 0.3) is 0 Å². The minimum absolute atomic E-state index is 0.454. The van der Waals surface area contributed by atoms with E-state index in [1.807, 2.05) is 16.8 Å². The third-order valence-corrected chi connectivity index (χ3v) is 5.58. The Morgan fingerprint density at radius 1 is 1.36 bits per heavy atom. The molecule has 0 aliphatic rings. The lowest BCUT2D eigenvalue weighted by Gasteiger charge is -2.15. The Kier molecular flexibility index (Phi) is 4.95. The van der Waals surface area contributed by atoms with Crippen molar-refractivity contribution in [3.63, 3.8) is 0 Å². The SMILES string of the molecule is C[Si](C)(C)CCOCn1ccc2c(-c3cn[nH]c3NC=O)ncnc21. The standard InChI is InChI=1S/C16H22N6O2Si/c1-25(2,3)7-6-24-11-22-5-4-12-14(17-9-18-16(12)22)13-8-20-21-15(13)19-10-23/h4-5,8-10H,6-7,11H2,1-3H3,(H2,19,20,21,23). The van der Waals surface area contributed by atoms with Gasteiger partial charge in [-0.15, -0.1) is 0 Å². The van der Waals surface area contributed by atoms with Crippen molar-refractivity contribution in [3.05, 3.63) is 24.8 Å². The fourth-order valence-electron chi connectivity index (χ4n) is 2.50. The molecule has 0 aliphatic carbocycles. The number of hydrogen-bond donors (Lipinski definition) is 2. The molecule has 1 amide bonds. The molecule has 2 N–H and O–H groups in total. The van der Waals surface area contributed by atoms with Crippen molar-refractivity contribution in [2.24, 2.45) is 0 Å². The van der Waals surface area contributed by atoms with Crippen LogP contribution in [0.25, 0.3) is 22.3 Å². The van der Waals surface area contributed by atoms with Gasteiger partial charge in [-0.3, -0.25) is 9.89 Å². The Balaban J connectivity index is 1.83. The highest BCUT2D eigenvalue weighted by Crippen LogP contribution is 2.30. The predicted octanol–water partition coefficient (Wildman–Crippen LogP) is 2.70. The molecule has 0 atom stereocenters. The van der Waals surface area contributed by atoms with E-state index < -0.39 is 8.07 Å². The van der Waals surface area contributed by atoms with Crippen LogP contribution in [0.2, 0.25) is 25.7 Å². The van der Waals surface area contributed by atoms with Crippen LogP contribution in [0.1, 0.15) is 0 Å². The van der Waals surface area contributed by atoms with E-state index in [0.29, 0.717) is 24.7 Å². The summed E-state index contributed by atoms with van der Waals surface area (Å²) in [5, 5.41) is 10.2. The van der Waals surface area contributed by atoms with E-state index in [1.165, 1.54) is 6.33 Å². The van der Waals surface area contributed by atoms with Crippen molar-refractivity contribution >= 4 is 31.3 Å². The largest absolute Gasteiger partial charge is 0.361 e. The number of nitrogens with zero attached hydrogens (tertiary/aromatic N) is 4. The second-order valence-corrected chi connectivity index (χ2v) is 12.6. The number of hydrogen-bond acceptors (Lipinski definition) is 5. The first-order chi connectivity index (χ1) is 12.0. The van der Waals surface area contributed by atoms with Gasteiger partial charge in [0.1, 0.15) is 24.5 Å². The van der Waals surface area contributed by atoms with Crippen molar-refractivity contribution in [1.82, 2.24) is 24.7 Å². The van der Waals surface area contributed by atoms with Gasteiger partial charge in [-0.05, 0) is 12.1 Å². The zero-order valence-electron chi connectivity index (χ0n) is 14.6. The molecule has 0 aliphatic heterocycles. The van der Waals surface area contributed by atoms with Crippen molar-refractivity contribution in [2.75, 3.05) is 11.9 Å². The summed E-state index contributed by atoms with van der Waals surface area (Å²) in [7, 11) is -1.10. The number of nitrogens with one attached hydrogen (secondary N) is 2. The van der Waals surface area contributed by atoms with E-state index in [0.717, 1.165) is 29.2 Å².